The third kappa shape index (κ3) is 4.04. The summed E-state index contributed by atoms with van der Waals surface area (Å²) >= 11 is 0. The lowest BCUT2D eigenvalue weighted by atomic mass is 9.93. The van der Waals surface area contributed by atoms with E-state index < -0.39 is 12.0 Å². The molecule has 7 nitrogen and oxygen atoms in total. The molecule has 1 fully saturated rings. The van der Waals surface area contributed by atoms with E-state index in [4.69, 9.17) is 4.74 Å². The first kappa shape index (κ1) is 18.5. The average Bonchev–Trinajstić information content (AvgIpc) is 3.16. The molecule has 1 aliphatic carbocycles. The van der Waals surface area contributed by atoms with E-state index in [1.165, 1.54) is 18.2 Å². The minimum atomic E-state index is -1.48. The van der Waals surface area contributed by atoms with Crippen molar-refractivity contribution in [2.24, 2.45) is 0 Å². The smallest absolute Gasteiger partial charge is 0.317 e. The summed E-state index contributed by atoms with van der Waals surface area (Å²) in [4.78, 5) is 7.92. The molecular weight excluding hydrogens is 368 g/mol. The van der Waals surface area contributed by atoms with Gasteiger partial charge >= 0.3 is 6.01 Å². The molecule has 0 unspecified atom stereocenters. The second-order valence-corrected chi connectivity index (χ2v) is 6.94. The van der Waals surface area contributed by atoms with Crippen molar-refractivity contribution >= 4 is 16.9 Å². The number of H-pyrrole nitrogens is 1. The highest BCUT2D eigenvalue weighted by molar-refractivity contribution is 5.86. The number of anilines is 1. The van der Waals surface area contributed by atoms with Gasteiger partial charge in [0.2, 0.25) is 0 Å². The minimum Gasteiger partial charge on any atom is -0.479 e. The Bertz CT molecular complexity index is 943. The third-order valence-corrected chi connectivity index (χ3v) is 5.03. The zero-order chi connectivity index (χ0) is 19.5. The van der Waals surface area contributed by atoms with Crippen molar-refractivity contribution in [3.8, 4) is 6.01 Å². The van der Waals surface area contributed by atoms with Crippen LogP contribution >= 0.6 is 0 Å². The van der Waals surface area contributed by atoms with Crippen LogP contribution in [0.25, 0.3) is 11.0 Å². The van der Waals surface area contributed by atoms with Gasteiger partial charge in [-0.3, -0.25) is 5.10 Å². The van der Waals surface area contributed by atoms with Crippen LogP contribution in [0.15, 0.2) is 30.5 Å². The van der Waals surface area contributed by atoms with Crippen molar-refractivity contribution < 1.29 is 18.6 Å². The number of aromatic hydroxyl groups is 1. The summed E-state index contributed by atoms with van der Waals surface area (Å²) in [5.41, 5.74) is 0.500. The molecule has 1 saturated carbocycles. The highest BCUT2D eigenvalue weighted by Gasteiger charge is 2.24. The largest absolute Gasteiger partial charge is 0.479 e. The molecule has 3 aromatic rings. The van der Waals surface area contributed by atoms with E-state index in [1.54, 1.807) is 12.3 Å². The van der Waals surface area contributed by atoms with Crippen LogP contribution in [-0.4, -0.2) is 44.0 Å². The second-order valence-electron chi connectivity index (χ2n) is 6.94. The number of rotatable bonds is 6. The Morgan fingerprint density at radius 2 is 2.00 bits per heavy atom. The van der Waals surface area contributed by atoms with Crippen molar-refractivity contribution in [1.29, 1.82) is 0 Å². The first-order valence-corrected chi connectivity index (χ1v) is 9.27. The van der Waals surface area contributed by atoms with Crippen molar-refractivity contribution in [2.75, 3.05) is 11.9 Å². The lowest BCUT2D eigenvalue weighted by molar-refractivity contribution is -0.00314. The number of hydrogen-bond donors (Lipinski definition) is 3. The van der Waals surface area contributed by atoms with Crippen LogP contribution in [0.3, 0.4) is 0 Å². The van der Waals surface area contributed by atoms with Gasteiger partial charge < -0.3 is 15.2 Å². The van der Waals surface area contributed by atoms with Gasteiger partial charge in [0.05, 0.1) is 24.3 Å². The normalized spacial score (nSPS) is 20.9. The summed E-state index contributed by atoms with van der Waals surface area (Å²) in [6.07, 6.45) is 3.21. The zero-order valence-electron chi connectivity index (χ0n) is 15.1. The van der Waals surface area contributed by atoms with Crippen LogP contribution in [-0.2, 0) is 4.74 Å². The number of benzene rings is 1. The van der Waals surface area contributed by atoms with Gasteiger partial charge in [-0.2, -0.15) is 15.1 Å². The summed E-state index contributed by atoms with van der Waals surface area (Å²) in [6, 6.07) is 5.68. The van der Waals surface area contributed by atoms with Gasteiger partial charge in [-0.25, -0.2) is 8.78 Å². The van der Waals surface area contributed by atoms with E-state index in [0.717, 1.165) is 25.7 Å². The van der Waals surface area contributed by atoms with Crippen molar-refractivity contribution in [3.05, 3.63) is 41.8 Å². The molecule has 4 rings (SSSR count). The Balaban J connectivity index is 1.29. The van der Waals surface area contributed by atoms with Crippen molar-refractivity contribution in [3.63, 3.8) is 0 Å². The van der Waals surface area contributed by atoms with E-state index in [1.807, 2.05) is 0 Å². The second kappa shape index (κ2) is 8.05. The molecule has 0 spiro atoms. The quantitative estimate of drug-likeness (QED) is 0.596. The molecule has 0 saturated heterocycles. The molecule has 0 amide bonds. The van der Waals surface area contributed by atoms with Crippen molar-refractivity contribution in [1.82, 2.24) is 20.2 Å². The van der Waals surface area contributed by atoms with E-state index in [-0.39, 0.29) is 30.3 Å². The van der Waals surface area contributed by atoms with Crippen LogP contribution in [0.2, 0.25) is 0 Å². The minimum absolute atomic E-state index is 0.0329. The molecule has 0 aliphatic heterocycles. The predicted octanol–water partition coefficient (Wildman–Crippen LogP) is 3.65. The molecule has 3 N–H and O–H groups in total. The molecular formula is C19H21F2N5O2. The van der Waals surface area contributed by atoms with E-state index in [0.29, 0.717) is 16.9 Å². The Labute approximate surface area is 160 Å². The SMILES string of the molecule is Oc1nc(NC2CCC(OC[C@@H](F)c3ccccc3F)CC2)c2cn[nH]c2n1. The zero-order valence-corrected chi connectivity index (χ0v) is 15.1. The van der Waals surface area contributed by atoms with Gasteiger partial charge in [0.1, 0.15) is 11.6 Å². The fourth-order valence-corrected chi connectivity index (χ4v) is 3.54. The lowest BCUT2D eigenvalue weighted by Gasteiger charge is -2.30. The maximum atomic E-state index is 14.2. The molecule has 148 valence electrons. The number of alkyl halides is 1. The third-order valence-electron chi connectivity index (χ3n) is 5.03. The Hall–Kier alpha value is -2.81. The highest BCUT2D eigenvalue weighted by Crippen LogP contribution is 2.28. The number of aromatic nitrogens is 4. The van der Waals surface area contributed by atoms with Crippen LogP contribution in [0.5, 0.6) is 6.01 Å². The number of hydrogen-bond acceptors (Lipinski definition) is 6. The molecule has 28 heavy (non-hydrogen) atoms. The maximum Gasteiger partial charge on any atom is 0.317 e. The molecule has 2 heterocycles. The lowest BCUT2D eigenvalue weighted by Crippen LogP contribution is -2.30. The summed E-state index contributed by atoms with van der Waals surface area (Å²) in [5.74, 6) is -0.0193. The Kier molecular flexibility index (Phi) is 5.34. The number of aromatic amines is 1. The van der Waals surface area contributed by atoms with Crippen LogP contribution in [0.1, 0.15) is 37.4 Å². The van der Waals surface area contributed by atoms with Gasteiger partial charge in [0.25, 0.3) is 0 Å². The monoisotopic (exact) mass is 389 g/mol. The first-order valence-electron chi connectivity index (χ1n) is 9.27. The molecule has 1 aliphatic rings. The standard InChI is InChI=1S/C19H21F2N5O2/c20-15-4-2-1-3-13(15)16(21)10-28-12-7-5-11(6-8-12)23-17-14-9-22-26-18(14)25-19(27)24-17/h1-4,9,11-12,16H,5-8,10H2,(H3,22,23,24,25,26,27)/t11?,12?,16-/m1/s1. The van der Waals surface area contributed by atoms with Crippen LogP contribution in [0.4, 0.5) is 14.6 Å². The molecule has 2 aromatic heterocycles. The van der Waals surface area contributed by atoms with Crippen molar-refractivity contribution in [2.45, 2.75) is 44.0 Å². The molecule has 0 bridgehead atoms. The van der Waals surface area contributed by atoms with E-state index >= 15 is 0 Å². The predicted molar refractivity (Wildman–Crippen MR) is 99.2 cm³/mol. The molecule has 1 atom stereocenters. The summed E-state index contributed by atoms with van der Waals surface area (Å²) in [5, 5.41) is 20.3. The number of fused-ring (bicyclic) bond motifs is 1. The molecule has 0 radical (unpaired) electrons. The maximum absolute atomic E-state index is 14.2. The average molecular weight is 389 g/mol. The fourth-order valence-electron chi connectivity index (χ4n) is 3.54. The number of nitrogens with one attached hydrogen (secondary N) is 2. The highest BCUT2D eigenvalue weighted by atomic mass is 19.1. The van der Waals surface area contributed by atoms with Crippen LogP contribution < -0.4 is 5.32 Å². The van der Waals surface area contributed by atoms with Gasteiger partial charge in [0.15, 0.2) is 11.8 Å². The van der Waals surface area contributed by atoms with E-state index in [9.17, 15) is 13.9 Å². The topological polar surface area (TPSA) is 96.0 Å². The number of nitrogens with zero attached hydrogens (tertiary/aromatic N) is 3. The number of halogens is 2. The Morgan fingerprint density at radius 3 is 2.79 bits per heavy atom. The summed E-state index contributed by atoms with van der Waals surface area (Å²) in [6.45, 7) is -0.154. The Morgan fingerprint density at radius 1 is 1.21 bits per heavy atom. The van der Waals surface area contributed by atoms with Gasteiger partial charge in [-0.1, -0.05) is 18.2 Å². The van der Waals surface area contributed by atoms with Crippen LogP contribution in [0, 0.1) is 5.82 Å². The first-order chi connectivity index (χ1) is 13.6. The van der Waals surface area contributed by atoms with E-state index in [2.05, 4.69) is 25.5 Å². The number of ether oxygens (including phenoxy) is 1. The molecule has 1 aromatic carbocycles. The summed E-state index contributed by atoms with van der Waals surface area (Å²) < 4.78 is 33.6. The molecule has 9 heteroatoms. The fraction of sp³-hybridized carbons (Fsp3) is 0.421. The van der Waals surface area contributed by atoms with Gasteiger partial charge in [-0.15, -0.1) is 0 Å². The van der Waals surface area contributed by atoms with Gasteiger partial charge in [0, 0.05) is 11.6 Å². The summed E-state index contributed by atoms with van der Waals surface area (Å²) in [7, 11) is 0. The van der Waals surface area contributed by atoms with Gasteiger partial charge in [-0.05, 0) is 31.7 Å².